The van der Waals surface area contributed by atoms with Gasteiger partial charge in [0.15, 0.2) is 11.9 Å². The molecule has 0 aliphatic rings. The molecule has 0 saturated heterocycles. The van der Waals surface area contributed by atoms with Gasteiger partial charge in [0.25, 0.3) is 0 Å². The Morgan fingerprint density at radius 3 is 1.97 bits per heavy atom. The Morgan fingerprint density at radius 2 is 1.46 bits per heavy atom. The average molecular weight is 514 g/mol. The van der Waals surface area contributed by atoms with E-state index in [2.05, 4.69) is 45.7 Å². The van der Waals surface area contributed by atoms with Crippen molar-refractivity contribution in [2.45, 2.75) is 111 Å². The van der Waals surface area contributed by atoms with E-state index in [0.717, 1.165) is 29.9 Å². The molecule has 0 aliphatic heterocycles. The van der Waals surface area contributed by atoms with Crippen LogP contribution in [0.5, 0.6) is 0 Å². The van der Waals surface area contributed by atoms with Crippen molar-refractivity contribution >= 4 is 29.6 Å². The molecule has 204 valence electrons. The first-order chi connectivity index (χ1) is 16.5. The van der Waals surface area contributed by atoms with E-state index in [1.165, 1.54) is 75.8 Å². The second-order valence-corrected chi connectivity index (χ2v) is 11.5. The van der Waals surface area contributed by atoms with Crippen molar-refractivity contribution in [1.29, 1.82) is 0 Å². The highest BCUT2D eigenvalue weighted by Crippen LogP contribution is 2.22. The predicted molar refractivity (Wildman–Crippen MR) is 149 cm³/mol. The molecule has 3 atom stereocenters. The molecule has 0 radical (unpaired) electrons. The van der Waals surface area contributed by atoms with Crippen molar-refractivity contribution in [3.05, 3.63) is 11.6 Å². The fourth-order valence-electron chi connectivity index (χ4n) is 3.96. The maximum atomic E-state index is 11.5. The fraction of sp³-hybridized carbons (Fsp3) is 0.821. The number of aliphatic carboxylic acids is 2. The van der Waals surface area contributed by atoms with Crippen LogP contribution in [0, 0.1) is 17.8 Å². The lowest BCUT2D eigenvalue weighted by Gasteiger charge is -2.15. The zero-order valence-corrected chi connectivity index (χ0v) is 23.9. The van der Waals surface area contributed by atoms with Crippen LogP contribution in [0.15, 0.2) is 16.6 Å². The molecule has 7 heteroatoms. The number of ether oxygens (including phenoxy) is 1. The van der Waals surface area contributed by atoms with Crippen LogP contribution < -0.4 is 0 Å². The van der Waals surface area contributed by atoms with E-state index in [4.69, 9.17) is 9.84 Å². The molecule has 0 aromatic carbocycles. The molecule has 3 unspecified atom stereocenters. The third-order valence-corrected chi connectivity index (χ3v) is 7.29. The highest BCUT2D eigenvalue weighted by atomic mass is 32.2. The average Bonchev–Trinajstić information content (AvgIpc) is 2.77. The lowest BCUT2D eigenvalue weighted by atomic mass is 9.91. The van der Waals surface area contributed by atoms with Gasteiger partial charge < -0.3 is 14.9 Å². The number of allylic oxidation sites excluding steroid dienone is 1. The maximum absolute atomic E-state index is 11.5. The molecule has 35 heavy (non-hydrogen) atoms. The van der Waals surface area contributed by atoms with E-state index in [-0.39, 0.29) is 18.7 Å². The summed E-state index contributed by atoms with van der Waals surface area (Å²) in [6.07, 6.45) is 13.8. The lowest BCUT2D eigenvalue weighted by molar-refractivity contribution is -0.138. The van der Waals surface area contributed by atoms with Gasteiger partial charge in [0.1, 0.15) is 0 Å². The maximum Gasteiger partial charge on any atom is 0.329 e. The summed E-state index contributed by atoms with van der Waals surface area (Å²) in [5.41, 5.74) is 1.35. The summed E-state index contributed by atoms with van der Waals surface area (Å²) >= 11 is 1.52. The summed E-state index contributed by atoms with van der Waals surface area (Å²) in [6, 6.07) is -0.934. The SMILES string of the molecule is COC(CCC(=O)O)=NC(CSCC=C(C)CCCC(C)CCCC(C)CCCC(C)C)C(=O)O. The van der Waals surface area contributed by atoms with Gasteiger partial charge in [-0.25, -0.2) is 9.79 Å². The van der Waals surface area contributed by atoms with Crippen LogP contribution in [0.25, 0.3) is 0 Å². The first-order valence-electron chi connectivity index (χ1n) is 13.3. The summed E-state index contributed by atoms with van der Waals surface area (Å²) in [4.78, 5) is 26.3. The van der Waals surface area contributed by atoms with E-state index in [9.17, 15) is 14.7 Å². The molecule has 2 N–H and O–H groups in total. The van der Waals surface area contributed by atoms with E-state index < -0.39 is 18.0 Å². The fourth-order valence-corrected chi connectivity index (χ4v) is 4.94. The topological polar surface area (TPSA) is 96.2 Å². The predicted octanol–water partition coefficient (Wildman–Crippen LogP) is 7.47. The molecule has 0 amide bonds. The molecule has 0 fully saturated rings. The van der Waals surface area contributed by atoms with Crippen molar-refractivity contribution in [1.82, 2.24) is 0 Å². The smallest absolute Gasteiger partial charge is 0.329 e. The minimum Gasteiger partial charge on any atom is -0.484 e. The summed E-state index contributed by atoms with van der Waals surface area (Å²) in [5, 5.41) is 18.2. The number of carbonyl (C=O) groups is 2. The van der Waals surface area contributed by atoms with Crippen LogP contribution in [0.1, 0.15) is 105 Å². The third-order valence-electron chi connectivity index (χ3n) is 6.34. The van der Waals surface area contributed by atoms with Crippen LogP contribution in [0.3, 0.4) is 0 Å². The Morgan fingerprint density at radius 1 is 0.886 bits per heavy atom. The number of hydrogen-bond acceptors (Lipinski definition) is 5. The normalized spacial score (nSPS) is 15.2. The zero-order chi connectivity index (χ0) is 26.6. The van der Waals surface area contributed by atoms with Gasteiger partial charge in [-0.2, -0.15) is 11.8 Å². The number of nitrogens with zero attached hydrogens (tertiary/aromatic N) is 1. The Labute approximate surface area is 218 Å². The standard InChI is InChI=1S/C28H51NO5S/c1-21(2)10-7-11-22(3)12-8-13-23(4)14-9-15-24(5)18-19-35-20-25(28(32)33)29-26(34-6)16-17-27(30)31/h18,21-23,25H,7-17,19-20H2,1-6H3,(H,30,31)(H,32,33). The van der Waals surface area contributed by atoms with Crippen molar-refractivity contribution in [3.8, 4) is 0 Å². The molecule has 0 aliphatic carbocycles. The van der Waals surface area contributed by atoms with Crippen LogP contribution in [-0.2, 0) is 14.3 Å². The summed E-state index contributed by atoms with van der Waals surface area (Å²) in [7, 11) is 1.38. The van der Waals surface area contributed by atoms with E-state index in [0.29, 0.717) is 5.75 Å². The monoisotopic (exact) mass is 513 g/mol. The number of hydrogen-bond donors (Lipinski definition) is 2. The van der Waals surface area contributed by atoms with Gasteiger partial charge in [-0.3, -0.25) is 4.79 Å². The van der Waals surface area contributed by atoms with Crippen molar-refractivity contribution in [3.63, 3.8) is 0 Å². The number of carboxylic acid groups (broad SMARTS) is 2. The lowest BCUT2D eigenvalue weighted by Crippen LogP contribution is -2.23. The van der Waals surface area contributed by atoms with Crippen molar-refractivity contribution in [2.24, 2.45) is 22.7 Å². The van der Waals surface area contributed by atoms with Gasteiger partial charge in [0.05, 0.1) is 13.5 Å². The highest BCUT2D eigenvalue weighted by molar-refractivity contribution is 7.99. The van der Waals surface area contributed by atoms with Gasteiger partial charge >= 0.3 is 11.9 Å². The molecule has 0 saturated carbocycles. The molecule has 0 bridgehead atoms. The number of methoxy groups -OCH3 is 1. The second kappa shape index (κ2) is 20.7. The number of thioether (sulfide) groups is 1. The molecular weight excluding hydrogens is 462 g/mol. The summed E-state index contributed by atoms with van der Waals surface area (Å²) in [5.74, 6) is 1.68. The van der Waals surface area contributed by atoms with Crippen molar-refractivity contribution in [2.75, 3.05) is 18.6 Å². The first-order valence-corrected chi connectivity index (χ1v) is 14.5. The molecule has 0 aromatic heterocycles. The third kappa shape index (κ3) is 20.4. The minimum absolute atomic E-state index is 0.0923. The first kappa shape index (κ1) is 33.5. The zero-order valence-electron chi connectivity index (χ0n) is 23.1. The number of carboxylic acids is 2. The van der Waals surface area contributed by atoms with Crippen molar-refractivity contribution < 1.29 is 24.5 Å². The molecular formula is C28H51NO5S. The van der Waals surface area contributed by atoms with Gasteiger partial charge in [0, 0.05) is 17.9 Å². The largest absolute Gasteiger partial charge is 0.484 e. The Hall–Kier alpha value is -1.50. The molecule has 0 rings (SSSR count). The highest BCUT2D eigenvalue weighted by Gasteiger charge is 2.18. The molecule has 6 nitrogen and oxygen atoms in total. The van der Waals surface area contributed by atoms with Gasteiger partial charge in [-0.05, 0) is 37.5 Å². The summed E-state index contributed by atoms with van der Waals surface area (Å²) < 4.78 is 5.05. The minimum atomic E-state index is -1.03. The van der Waals surface area contributed by atoms with Gasteiger partial charge in [0.2, 0.25) is 0 Å². The number of aliphatic imine (C=N–C) groups is 1. The van der Waals surface area contributed by atoms with Crippen LogP contribution in [0.4, 0.5) is 0 Å². The van der Waals surface area contributed by atoms with E-state index >= 15 is 0 Å². The molecule has 0 spiro atoms. The summed E-state index contributed by atoms with van der Waals surface area (Å²) in [6.45, 7) is 11.5. The molecule has 0 aromatic rings. The van der Waals surface area contributed by atoms with Crippen LogP contribution >= 0.6 is 11.8 Å². The Bertz CT molecular complexity index is 647. The van der Waals surface area contributed by atoms with Gasteiger partial charge in [-0.15, -0.1) is 0 Å². The Kier molecular flexibility index (Phi) is 19.8. The van der Waals surface area contributed by atoms with Crippen LogP contribution in [-0.4, -0.2) is 52.7 Å². The molecule has 0 heterocycles. The van der Waals surface area contributed by atoms with E-state index in [1.54, 1.807) is 0 Å². The second-order valence-electron chi connectivity index (χ2n) is 10.4. The Balaban J connectivity index is 4.14. The van der Waals surface area contributed by atoms with Crippen LogP contribution in [0.2, 0.25) is 0 Å². The van der Waals surface area contributed by atoms with E-state index in [1.807, 2.05) is 0 Å². The number of rotatable bonds is 21. The van der Waals surface area contributed by atoms with Gasteiger partial charge in [-0.1, -0.05) is 84.3 Å². The quantitative estimate of drug-likeness (QED) is 0.0715.